The van der Waals surface area contributed by atoms with Gasteiger partial charge in [0.25, 0.3) is 0 Å². The molecule has 90 valence electrons. The Morgan fingerprint density at radius 3 is 2.61 bits per heavy atom. The Balaban J connectivity index is 2.84. The number of nitriles is 1. The van der Waals surface area contributed by atoms with Gasteiger partial charge in [0.1, 0.15) is 28.9 Å². The number of anilines is 2. The molecule has 6 nitrogen and oxygen atoms in total. The van der Waals surface area contributed by atoms with Gasteiger partial charge >= 0.3 is 0 Å². The second kappa shape index (κ2) is 4.66. The van der Waals surface area contributed by atoms with Crippen LogP contribution >= 0.6 is 22.6 Å². The van der Waals surface area contributed by atoms with Crippen LogP contribution in [0.3, 0.4) is 0 Å². The van der Waals surface area contributed by atoms with E-state index in [-0.39, 0.29) is 28.8 Å². The average Bonchev–Trinajstić information content (AvgIpc) is 2.28. The van der Waals surface area contributed by atoms with Gasteiger partial charge < -0.3 is 16.6 Å². The lowest BCUT2D eigenvalue weighted by Crippen LogP contribution is -2.05. The van der Waals surface area contributed by atoms with Crippen molar-refractivity contribution in [3.8, 4) is 23.1 Å². The van der Waals surface area contributed by atoms with E-state index in [0.717, 1.165) is 3.57 Å². The third-order valence-electron chi connectivity index (χ3n) is 2.29. The minimum absolute atomic E-state index is 0.000877. The van der Waals surface area contributed by atoms with E-state index < -0.39 is 0 Å². The summed E-state index contributed by atoms with van der Waals surface area (Å²) in [6, 6.07) is 6.91. The summed E-state index contributed by atoms with van der Waals surface area (Å²) in [7, 11) is 0. The van der Waals surface area contributed by atoms with Crippen molar-refractivity contribution < 1.29 is 5.11 Å². The molecule has 5 N–H and O–H groups in total. The third-order valence-corrected chi connectivity index (χ3v) is 3.19. The molecule has 0 bridgehead atoms. The van der Waals surface area contributed by atoms with E-state index in [9.17, 15) is 5.11 Å². The second-order valence-electron chi connectivity index (χ2n) is 3.44. The molecular formula is C11H8IN5O. The van der Waals surface area contributed by atoms with Gasteiger partial charge in [-0.25, -0.2) is 4.98 Å². The van der Waals surface area contributed by atoms with Crippen LogP contribution in [-0.4, -0.2) is 15.1 Å². The van der Waals surface area contributed by atoms with Gasteiger partial charge in [0.2, 0.25) is 5.95 Å². The number of phenolic OH excluding ortho intramolecular Hbond substituents is 1. The summed E-state index contributed by atoms with van der Waals surface area (Å²) in [5, 5.41) is 19.0. The molecule has 1 aromatic heterocycles. The maximum absolute atomic E-state index is 9.89. The molecule has 0 amide bonds. The Hall–Kier alpha value is -2.08. The molecule has 0 aliphatic carbocycles. The van der Waals surface area contributed by atoms with Crippen LogP contribution in [0.4, 0.5) is 11.8 Å². The lowest BCUT2D eigenvalue weighted by atomic mass is 10.1. The van der Waals surface area contributed by atoms with Crippen molar-refractivity contribution in [1.82, 2.24) is 9.97 Å². The van der Waals surface area contributed by atoms with Crippen molar-refractivity contribution >= 4 is 34.4 Å². The van der Waals surface area contributed by atoms with Gasteiger partial charge in [-0.3, -0.25) is 0 Å². The molecule has 18 heavy (non-hydrogen) atoms. The van der Waals surface area contributed by atoms with Crippen LogP contribution in [0.5, 0.6) is 5.75 Å². The number of nitrogen functional groups attached to an aromatic ring is 2. The number of nitrogens with zero attached hydrogens (tertiary/aromatic N) is 3. The Morgan fingerprint density at radius 2 is 2.00 bits per heavy atom. The van der Waals surface area contributed by atoms with Gasteiger partial charge in [-0.1, -0.05) is 6.07 Å². The Kier molecular flexibility index (Phi) is 3.20. The number of halogens is 1. The van der Waals surface area contributed by atoms with Gasteiger partial charge in [0, 0.05) is 3.57 Å². The van der Waals surface area contributed by atoms with Gasteiger partial charge in [0.15, 0.2) is 0 Å². The molecule has 2 rings (SSSR count). The molecular weight excluding hydrogens is 345 g/mol. The van der Waals surface area contributed by atoms with Crippen molar-refractivity contribution in [1.29, 1.82) is 5.26 Å². The summed E-state index contributed by atoms with van der Waals surface area (Å²) in [4.78, 5) is 7.72. The van der Waals surface area contributed by atoms with E-state index in [1.807, 2.05) is 28.7 Å². The van der Waals surface area contributed by atoms with Crippen LogP contribution in [0.2, 0.25) is 0 Å². The van der Waals surface area contributed by atoms with E-state index in [1.54, 1.807) is 12.1 Å². The molecule has 1 aromatic carbocycles. The summed E-state index contributed by atoms with van der Waals surface area (Å²) in [5.74, 6) is -0.0319. The monoisotopic (exact) mass is 353 g/mol. The molecule has 0 saturated carbocycles. The zero-order valence-corrected chi connectivity index (χ0v) is 11.2. The summed E-state index contributed by atoms with van der Waals surface area (Å²) in [6.07, 6.45) is 0. The molecule has 0 aliphatic rings. The van der Waals surface area contributed by atoms with Crippen molar-refractivity contribution in [3.63, 3.8) is 0 Å². The predicted octanol–water partition coefficient (Wildman–Crippen LogP) is 1.49. The number of nitrogens with two attached hydrogens (primary N) is 2. The lowest BCUT2D eigenvalue weighted by Gasteiger charge is -2.09. The van der Waals surface area contributed by atoms with Crippen molar-refractivity contribution in [2.75, 3.05) is 11.5 Å². The number of phenols is 1. The molecule has 0 saturated heterocycles. The number of hydrogen-bond donors (Lipinski definition) is 3. The average molecular weight is 353 g/mol. The minimum Gasteiger partial charge on any atom is -0.507 e. The summed E-state index contributed by atoms with van der Waals surface area (Å²) >= 11 is 2.03. The van der Waals surface area contributed by atoms with Crippen molar-refractivity contribution in [2.24, 2.45) is 0 Å². The maximum Gasteiger partial charge on any atom is 0.222 e. The number of benzene rings is 1. The first-order valence-corrected chi connectivity index (χ1v) is 5.93. The van der Waals surface area contributed by atoms with Gasteiger partial charge in [-0.05, 0) is 34.7 Å². The standard InChI is InChI=1S/C11H8IN5O/c12-6-2-1-3-7(18)8(6)9-5(4-13)10(14)17-11(15)16-9/h1-3,18H,(H4,14,15,16,17). The third kappa shape index (κ3) is 2.02. The molecule has 0 fully saturated rings. The SMILES string of the molecule is N#Cc1c(N)nc(N)nc1-c1c(O)cccc1I. The largest absolute Gasteiger partial charge is 0.507 e. The highest BCUT2D eigenvalue weighted by Crippen LogP contribution is 2.35. The van der Waals surface area contributed by atoms with E-state index in [0.29, 0.717) is 5.56 Å². The highest BCUT2D eigenvalue weighted by atomic mass is 127. The highest BCUT2D eigenvalue weighted by Gasteiger charge is 2.18. The molecule has 0 atom stereocenters. The molecule has 7 heteroatoms. The van der Waals surface area contributed by atoms with Crippen LogP contribution in [0.25, 0.3) is 11.3 Å². The second-order valence-corrected chi connectivity index (χ2v) is 4.60. The van der Waals surface area contributed by atoms with Crippen LogP contribution in [0.1, 0.15) is 5.56 Å². The topological polar surface area (TPSA) is 122 Å². The first-order chi connectivity index (χ1) is 8.54. The molecule has 0 spiro atoms. The van der Waals surface area contributed by atoms with Gasteiger partial charge in [-0.15, -0.1) is 0 Å². The van der Waals surface area contributed by atoms with Gasteiger partial charge in [-0.2, -0.15) is 10.2 Å². The molecule has 0 aliphatic heterocycles. The van der Waals surface area contributed by atoms with Crippen molar-refractivity contribution in [3.05, 3.63) is 27.3 Å². The van der Waals surface area contributed by atoms with E-state index >= 15 is 0 Å². The Morgan fingerprint density at radius 1 is 1.28 bits per heavy atom. The van der Waals surface area contributed by atoms with Crippen LogP contribution in [0, 0.1) is 14.9 Å². The van der Waals surface area contributed by atoms with Crippen molar-refractivity contribution in [2.45, 2.75) is 0 Å². The maximum atomic E-state index is 9.89. The summed E-state index contributed by atoms with van der Waals surface area (Å²) in [6.45, 7) is 0. The lowest BCUT2D eigenvalue weighted by molar-refractivity contribution is 0.476. The molecule has 1 heterocycles. The van der Waals surface area contributed by atoms with Crippen LogP contribution < -0.4 is 11.5 Å². The zero-order chi connectivity index (χ0) is 13.3. The fourth-order valence-corrected chi connectivity index (χ4v) is 2.27. The molecule has 0 radical (unpaired) electrons. The smallest absolute Gasteiger partial charge is 0.222 e. The first kappa shape index (κ1) is 12.4. The van der Waals surface area contributed by atoms with E-state index in [1.165, 1.54) is 6.07 Å². The first-order valence-electron chi connectivity index (χ1n) is 4.85. The fraction of sp³-hybridized carbons (Fsp3) is 0. The minimum atomic E-state index is -0.0412. The predicted molar refractivity (Wildman–Crippen MR) is 75.4 cm³/mol. The fourth-order valence-electron chi connectivity index (χ4n) is 1.53. The number of rotatable bonds is 1. The van der Waals surface area contributed by atoms with Crippen LogP contribution in [-0.2, 0) is 0 Å². The Bertz CT molecular complexity index is 645. The highest BCUT2D eigenvalue weighted by molar-refractivity contribution is 14.1. The molecule has 2 aromatic rings. The van der Waals surface area contributed by atoms with E-state index in [4.69, 9.17) is 16.7 Å². The summed E-state index contributed by atoms with van der Waals surface area (Å²) < 4.78 is 0.738. The zero-order valence-electron chi connectivity index (χ0n) is 9.05. The molecule has 0 unspecified atom stereocenters. The normalized spacial score (nSPS) is 10.0. The summed E-state index contributed by atoms with van der Waals surface area (Å²) in [5.41, 5.74) is 11.9. The number of hydrogen-bond acceptors (Lipinski definition) is 6. The number of aromatic nitrogens is 2. The van der Waals surface area contributed by atoms with E-state index in [2.05, 4.69) is 9.97 Å². The quantitative estimate of drug-likeness (QED) is 0.668. The Labute approximate surface area is 116 Å². The van der Waals surface area contributed by atoms with Crippen LogP contribution in [0.15, 0.2) is 18.2 Å². The van der Waals surface area contributed by atoms with Gasteiger partial charge in [0.05, 0.1) is 5.56 Å². The number of aromatic hydroxyl groups is 1.